The Morgan fingerprint density at radius 2 is 2.00 bits per heavy atom. The van der Waals surface area contributed by atoms with Gasteiger partial charge in [-0.2, -0.15) is 18.4 Å². The predicted molar refractivity (Wildman–Crippen MR) is 53.5 cm³/mol. The molecule has 0 fully saturated rings. The number of hydrogen-bond donors (Lipinski definition) is 1. The quantitative estimate of drug-likeness (QED) is 0.864. The number of nitrogens with one attached hydrogen (secondary N) is 1. The number of rotatable bonds is 3. The van der Waals surface area contributed by atoms with E-state index in [0.717, 1.165) is 12.1 Å². The van der Waals surface area contributed by atoms with E-state index in [1.54, 1.807) is 5.32 Å². The van der Waals surface area contributed by atoms with E-state index >= 15 is 0 Å². The number of amides is 1. The lowest BCUT2D eigenvalue weighted by Crippen LogP contribution is -2.31. The van der Waals surface area contributed by atoms with Crippen molar-refractivity contribution in [3.63, 3.8) is 0 Å². The molecule has 1 amide bonds. The summed E-state index contributed by atoms with van der Waals surface area (Å²) in [5.41, 5.74) is -0.403. The molecular weight excluding hydrogens is 271 g/mol. The van der Waals surface area contributed by atoms with Gasteiger partial charge in [0.1, 0.15) is 24.1 Å². The minimum Gasteiger partial charge on any atom is -0.336 e. The van der Waals surface area contributed by atoms with Crippen molar-refractivity contribution in [3.05, 3.63) is 35.4 Å². The Kier molecular flexibility index (Phi) is 4.43. The molecule has 0 heterocycles. The van der Waals surface area contributed by atoms with Gasteiger partial charge in [0.25, 0.3) is 0 Å². The predicted octanol–water partition coefficient (Wildman–Crippen LogP) is 2.60. The summed E-state index contributed by atoms with van der Waals surface area (Å²) in [4.78, 5) is 11.0. The fourth-order valence-electron chi connectivity index (χ4n) is 1.31. The average molecular weight is 278 g/mol. The van der Waals surface area contributed by atoms with Crippen molar-refractivity contribution in [2.75, 3.05) is 0 Å². The molecule has 19 heavy (non-hydrogen) atoms. The molecule has 1 N–H and O–H groups in total. The van der Waals surface area contributed by atoms with Crippen LogP contribution < -0.4 is 5.32 Å². The summed E-state index contributed by atoms with van der Waals surface area (Å²) >= 11 is 0. The Morgan fingerprint density at radius 1 is 1.37 bits per heavy atom. The van der Waals surface area contributed by atoms with Crippen molar-refractivity contribution in [2.24, 2.45) is 0 Å². The van der Waals surface area contributed by atoms with Crippen molar-refractivity contribution in [1.29, 1.82) is 5.26 Å². The van der Waals surface area contributed by atoms with Gasteiger partial charge >= 0.3 is 6.18 Å². The highest BCUT2D eigenvalue weighted by Crippen LogP contribution is 2.21. The van der Waals surface area contributed by atoms with Crippen LogP contribution in [0.1, 0.15) is 18.0 Å². The molecule has 3 nitrogen and oxygen atoms in total. The van der Waals surface area contributed by atoms with Gasteiger partial charge in [-0.25, -0.2) is 8.78 Å². The number of halogens is 5. The highest BCUT2D eigenvalue weighted by atomic mass is 19.4. The Hall–Kier alpha value is -2.17. The lowest BCUT2D eigenvalue weighted by Gasteiger charge is -2.13. The number of alkyl halides is 3. The number of nitriles is 1. The summed E-state index contributed by atoms with van der Waals surface area (Å²) in [6, 6.07) is 2.00. The van der Waals surface area contributed by atoms with Crippen molar-refractivity contribution >= 4 is 5.91 Å². The van der Waals surface area contributed by atoms with Crippen molar-refractivity contribution in [2.45, 2.75) is 18.6 Å². The van der Waals surface area contributed by atoms with Gasteiger partial charge < -0.3 is 5.32 Å². The Balaban J connectivity index is 2.85. The fourth-order valence-corrected chi connectivity index (χ4v) is 1.31. The maximum atomic E-state index is 13.3. The van der Waals surface area contributed by atoms with Crippen LogP contribution in [0.3, 0.4) is 0 Å². The van der Waals surface area contributed by atoms with Crippen molar-refractivity contribution in [3.8, 4) is 6.07 Å². The molecule has 0 saturated heterocycles. The largest absolute Gasteiger partial charge is 0.397 e. The summed E-state index contributed by atoms with van der Waals surface area (Å²) in [5, 5.41) is 10.4. The number of hydrogen-bond acceptors (Lipinski definition) is 2. The maximum Gasteiger partial charge on any atom is 0.397 e. The minimum absolute atomic E-state index is 0.403. The molecule has 0 aliphatic heterocycles. The molecule has 0 bridgehead atoms. The first kappa shape index (κ1) is 14.9. The fraction of sp³-hybridized carbons (Fsp3) is 0.273. The van der Waals surface area contributed by atoms with Gasteiger partial charge in [0.2, 0.25) is 5.91 Å². The van der Waals surface area contributed by atoms with Gasteiger partial charge in [0, 0.05) is 11.6 Å². The lowest BCUT2D eigenvalue weighted by atomic mass is 10.1. The van der Waals surface area contributed by atoms with Gasteiger partial charge in [-0.1, -0.05) is 6.07 Å². The second-order valence-electron chi connectivity index (χ2n) is 3.59. The topological polar surface area (TPSA) is 52.9 Å². The smallest absolute Gasteiger partial charge is 0.336 e. The molecule has 0 spiro atoms. The number of benzene rings is 1. The molecular formula is C11H7F5N2O. The van der Waals surface area contributed by atoms with Crippen LogP contribution in [0, 0.1) is 23.0 Å². The highest BCUT2D eigenvalue weighted by molar-refractivity contribution is 5.77. The summed E-state index contributed by atoms with van der Waals surface area (Å²) in [6.07, 6.45) is -6.51. The molecule has 1 aromatic carbocycles. The van der Waals surface area contributed by atoms with Crippen LogP contribution >= 0.6 is 0 Å². The molecule has 0 aromatic heterocycles. The monoisotopic (exact) mass is 278 g/mol. The standard InChI is InChI=1S/C11H7F5N2O/c12-6-1-2-7(8(13)3-6)9(5-17)18-10(19)4-11(14,15)16/h1-3,9H,4H2,(H,18,19)/t9-/m0/s1. The number of carbonyl (C=O) groups is 1. The van der Waals surface area contributed by atoms with Gasteiger partial charge in [-0.05, 0) is 6.07 Å². The van der Waals surface area contributed by atoms with Crippen LogP contribution in [-0.4, -0.2) is 12.1 Å². The van der Waals surface area contributed by atoms with E-state index in [1.807, 2.05) is 0 Å². The Labute approximate surface area is 104 Å². The summed E-state index contributed by atoms with van der Waals surface area (Å²) in [6.45, 7) is 0. The second-order valence-corrected chi connectivity index (χ2v) is 3.59. The molecule has 0 radical (unpaired) electrons. The van der Waals surface area contributed by atoms with Gasteiger partial charge in [-0.15, -0.1) is 0 Å². The van der Waals surface area contributed by atoms with E-state index in [1.165, 1.54) is 6.07 Å². The van der Waals surface area contributed by atoms with Crippen LogP contribution in [0.4, 0.5) is 22.0 Å². The zero-order valence-corrected chi connectivity index (χ0v) is 9.26. The summed E-state index contributed by atoms with van der Waals surface area (Å²) < 4.78 is 61.7. The Morgan fingerprint density at radius 3 is 2.47 bits per heavy atom. The van der Waals surface area contributed by atoms with Gasteiger partial charge in [0.05, 0.1) is 6.07 Å². The maximum absolute atomic E-state index is 13.3. The SMILES string of the molecule is N#C[C@H](NC(=O)CC(F)(F)F)c1ccc(F)cc1F. The molecule has 0 aliphatic carbocycles. The zero-order valence-electron chi connectivity index (χ0n) is 9.26. The van der Waals surface area contributed by atoms with Crippen molar-refractivity contribution in [1.82, 2.24) is 5.32 Å². The van der Waals surface area contributed by atoms with Crippen LogP contribution in [0.2, 0.25) is 0 Å². The third kappa shape index (κ3) is 4.54. The van der Waals surface area contributed by atoms with Gasteiger partial charge in [0.15, 0.2) is 0 Å². The molecule has 102 valence electrons. The van der Waals surface area contributed by atoms with Crippen LogP contribution in [0.15, 0.2) is 18.2 Å². The van der Waals surface area contributed by atoms with E-state index < -0.39 is 41.7 Å². The van der Waals surface area contributed by atoms with Crippen molar-refractivity contribution < 1.29 is 26.7 Å². The molecule has 0 aliphatic rings. The average Bonchev–Trinajstić information content (AvgIpc) is 2.24. The highest BCUT2D eigenvalue weighted by Gasteiger charge is 2.32. The minimum atomic E-state index is -4.73. The Bertz CT molecular complexity index is 521. The lowest BCUT2D eigenvalue weighted by molar-refractivity contribution is -0.154. The van der Waals surface area contributed by atoms with E-state index in [4.69, 9.17) is 5.26 Å². The van der Waals surface area contributed by atoms with Crippen LogP contribution in [0.5, 0.6) is 0 Å². The first-order valence-electron chi connectivity index (χ1n) is 4.93. The normalized spacial score (nSPS) is 12.6. The molecule has 1 aromatic rings. The molecule has 1 atom stereocenters. The number of carbonyl (C=O) groups excluding carboxylic acids is 1. The van der Waals surface area contributed by atoms with Gasteiger partial charge in [-0.3, -0.25) is 4.79 Å². The van der Waals surface area contributed by atoms with E-state index in [0.29, 0.717) is 6.07 Å². The molecule has 1 rings (SSSR count). The second kappa shape index (κ2) is 5.65. The summed E-state index contributed by atoms with van der Waals surface area (Å²) in [7, 11) is 0. The summed E-state index contributed by atoms with van der Waals surface area (Å²) in [5.74, 6) is -3.50. The first-order valence-corrected chi connectivity index (χ1v) is 4.93. The zero-order chi connectivity index (χ0) is 14.6. The third-order valence-electron chi connectivity index (χ3n) is 2.07. The first-order chi connectivity index (χ1) is 8.73. The van der Waals surface area contributed by atoms with Crippen LogP contribution in [0.25, 0.3) is 0 Å². The van der Waals surface area contributed by atoms with E-state index in [-0.39, 0.29) is 0 Å². The van der Waals surface area contributed by atoms with Crippen LogP contribution in [-0.2, 0) is 4.79 Å². The number of nitrogens with zero attached hydrogens (tertiary/aromatic N) is 1. The molecule has 0 unspecified atom stereocenters. The molecule has 8 heteroatoms. The van der Waals surface area contributed by atoms with E-state index in [2.05, 4.69) is 0 Å². The molecule has 0 saturated carbocycles. The van der Waals surface area contributed by atoms with E-state index in [9.17, 15) is 26.7 Å². The third-order valence-corrected chi connectivity index (χ3v) is 2.07.